The van der Waals surface area contributed by atoms with E-state index in [1.807, 2.05) is 27.7 Å². The molecule has 0 aromatic carbocycles. The largest absolute Gasteiger partial charge is 0.489 e. The lowest BCUT2D eigenvalue weighted by molar-refractivity contribution is -0.141. The number of alkyl halides is 1. The predicted molar refractivity (Wildman–Crippen MR) is 161 cm³/mol. The molecule has 44 heavy (non-hydrogen) atoms. The first-order chi connectivity index (χ1) is 20.9. The van der Waals surface area contributed by atoms with Crippen LogP contribution in [0.25, 0.3) is 0 Å². The van der Waals surface area contributed by atoms with Gasteiger partial charge in [0.15, 0.2) is 0 Å². The second-order valence-electron chi connectivity index (χ2n) is 12.6. The fourth-order valence-corrected chi connectivity index (χ4v) is 5.37. The van der Waals surface area contributed by atoms with Gasteiger partial charge in [0.25, 0.3) is 0 Å². The maximum absolute atomic E-state index is 13.3. The molecule has 0 bridgehead atoms. The zero-order valence-corrected chi connectivity index (χ0v) is 26.8. The predicted octanol–water partition coefficient (Wildman–Crippen LogP) is 4.45. The summed E-state index contributed by atoms with van der Waals surface area (Å²) in [5.74, 6) is -0.270. The van der Waals surface area contributed by atoms with E-state index >= 15 is 0 Å². The zero-order chi connectivity index (χ0) is 32.3. The Labute approximate surface area is 260 Å². The van der Waals surface area contributed by atoms with Crippen LogP contribution in [0.1, 0.15) is 84.2 Å². The maximum atomic E-state index is 13.3. The number of piperidine rings is 2. The highest BCUT2D eigenvalue weighted by Gasteiger charge is 2.33. The van der Waals surface area contributed by atoms with Crippen molar-refractivity contribution in [3.63, 3.8) is 0 Å². The summed E-state index contributed by atoms with van der Waals surface area (Å²) >= 11 is 0. The molecule has 0 radical (unpaired) electrons. The summed E-state index contributed by atoms with van der Waals surface area (Å²) in [6.45, 7) is 9.26. The number of halogens is 1. The minimum Gasteiger partial charge on any atom is -0.489 e. The van der Waals surface area contributed by atoms with E-state index in [4.69, 9.17) is 14.2 Å². The number of amides is 3. The quantitative estimate of drug-likeness (QED) is 0.321. The van der Waals surface area contributed by atoms with Gasteiger partial charge in [-0.25, -0.2) is 9.18 Å². The molecule has 2 saturated heterocycles. The van der Waals surface area contributed by atoms with E-state index in [0.717, 1.165) is 19.3 Å². The molecule has 3 rings (SSSR count). The Morgan fingerprint density at radius 2 is 1.82 bits per heavy atom. The van der Waals surface area contributed by atoms with E-state index in [2.05, 4.69) is 10.3 Å². The number of hydrogen-bond acceptors (Lipinski definition) is 8. The lowest BCUT2D eigenvalue weighted by Crippen LogP contribution is -2.46. The number of aromatic nitrogens is 1. The fourth-order valence-electron chi connectivity index (χ4n) is 5.37. The van der Waals surface area contributed by atoms with Gasteiger partial charge in [-0.15, -0.1) is 0 Å². The van der Waals surface area contributed by atoms with Gasteiger partial charge in [-0.05, 0) is 69.4 Å². The van der Waals surface area contributed by atoms with Crippen molar-refractivity contribution in [1.29, 1.82) is 0 Å². The summed E-state index contributed by atoms with van der Waals surface area (Å²) in [6.07, 6.45) is 6.68. The number of esters is 1. The van der Waals surface area contributed by atoms with Crippen LogP contribution in [0.5, 0.6) is 5.75 Å². The van der Waals surface area contributed by atoms with Crippen LogP contribution in [0.3, 0.4) is 0 Å². The molecule has 1 N–H and O–H groups in total. The third-order valence-electron chi connectivity index (χ3n) is 8.92. The molecule has 0 spiro atoms. The van der Waals surface area contributed by atoms with Crippen LogP contribution >= 0.6 is 0 Å². The van der Waals surface area contributed by atoms with Crippen LogP contribution in [0.15, 0.2) is 18.5 Å². The van der Waals surface area contributed by atoms with Gasteiger partial charge in [-0.2, -0.15) is 0 Å². The molecule has 2 fully saturated rings. The molecule has 11 nitrogen and oxygen atoms in total. The number of pyridine rings is 1. The summed E-state index contributed by atoms with van der Waals surface area (Å²) in [6, 6.07) is 0.898. The van der Waals surface area contributed by atoms with E-state index in [1.54, 1.807) is 15.9 Å². The minimum absolute atomic E-state index is 0.0241. The number of nitrogens with zero attached hydrogens (tertiary/aromatic N) is 3. The smallest absolute Gasteiger partial charge is 0.410 e. The fraction of sp³-hybridized carbons (Fsp3) is 0.719. The van der Waals surface area contributed by atoms with Crippen LogP contribution in [0.2, 0.25) is 0 Å². The summed E-state index contributed by atoms with van der Waals surface area (Å²) in [7, 11) is 1.27. The average molecular weight is 621 g/mol. The number of ether oxygens (including phenoxy) is 3. The molecule has 246 valence electrons. The minimum atomic E-state index is -0.720. The van der Waals surface area contributed by atoms with Crippen LogP contribution in [-0.4, -0.2) is 90.8 Å². The molecule has 0 saturated carbocycles. The van der Waals surface area contributed by atoms with Crippen molar-refractivity contribution < 1.29 is 37.8 Å². The van der Waals surface area contributed by atoms with Crippen molar-refractivity contribution in [2.45, 2.75) is 84.3 Å². The molecule has 2 aliphatic rings. The van der Waals surface area contributed by atoms with Gasteiger partial charge in [-0.1, -0.05) is 13.8 Å². The van der Waals surface area contributed by atoms with E-state index in [9.17, 15) is 23.6 Å². The number of nitrogens with one attached hydrogen (secondary N) is 1. The third-order valence-corrected chi connectivity index (χ3v) is 8.92. The number of likely N-dealkylation sites (tertiary alicyclic amines) is 2. The van der Waals surface area contributed by atoms with Crippen molar-refractivity contribution >= 4 is 23.9 Å². The summed E-state index contributed by atoms with van der Waals surface area (Å²) < 4.78 is 28.4. The number of hydrogen-bond donors (Lipinski definition) is 1. The Hall–Kier alpha value is -3.44. The van der Waals surface area contributed by atoms with Crippen LogP contribution < -0.4 is 10.1 Å². The summed E-state index contributed by atoms with van der Waals surface area (Å²) in [4.78, 5) is 58.9. The second-order valence-corrected chi connectivity index (χ2v) is 12.6. The Bertz CT molecular complexity index is 1120. The molecule has 2 atom stereocenters. The number of carbonyl (C=O) groups excluding carboxylic acids is 4. The first-order valence-corrected chi connectivity index (χ1v) is 15.7. The van der Waals surface area contributed by atoms with E-state index in [-0.39, 0.29) is 36.9 Å². The molecule has 2 unspecified atom stereocenters. The Morgan fingerprint density at radius 3 is 2.48 bits per heavy atom. The summed E-state index contributed by atoms with van der Waals surface area (Å²) in [5, 5.41) is 2.94. The SMILES string of the molecule is COC(=O)CC(NC(=O)C1CCCN(C(=O)CCC2CCN(C(=O)OC(C)(C)C(C)C)CC2)C1)c1cncc(OCCF)c1. The van der Waals surface area contributed by atoms with Gasteiger partial charge in [0.1, 0.15) is 24.6 Å². The number of carbonyl (C=O) groups is 4. The lowest BCUT2D eigenvalue weighted by atomic mass is 9.91. The van der Waals surface area contributed by atoms with Gasteiger partial charge in [-0.3, -0.25) is 19.4 Å². The Balaban J connectivity index is 1.50. The molecule has 12 heteroatoms. The Kier molecular flexibility index (Phi) is 13.2. The topological polar surface area (TPSA) is 127 Å². The third kappa shape index (κ3) is 10.3. The highest BCUT2D eigenvalue weighted by Crippen LogP contribution is 2.28. The van der Waals surface area contributed by atoms with Crippen LogP contribution in [-0.2, 0) is 23.9 Å². The first-order valence-electron chi connectivity index (χ1n) is 15.7. The van der Waals surface area contributed by atoms with Crippen molar-refractivity contribution in [2.24, 2.45) is 17.8 Å². The second kappa shape index (κ2) is 16.6. The molecule has 0 aliphatic carbocycles. The maximum Gasteiger partial charge on any atom is 0.410 e. The highest BCUT2D eigenvalue weighted by molar-refractivity contribution is 5.82. The molecule has 2 aliphatic heterocycles. The van der Waals surface area contributed by atoms with Gasteiger partial charge < -0.3 is 29.3 Å². The molecule has 1 aromatic rings. The summed E-state index contributed by atoms with van der Waals surface area (Å²) in [5.41, 5.74) is 0.00617. The van der Waals surface area contributed by atoms with E-state index in [0.29, 0.717) is 62.7 Å². The molecule has 1 aromatic heterocycles. The zero-order valence-electron chi connectivity index (χ0n) is 26.8. The van der Waals surface area contributed by atoms with Crippen LogP contribution in [0.4, 0.5) is 9.18 Å². The lowest BCUT2D eigenvalue weighted by Gasteiger charge is -2.36. The van der Waals surface area contributed by atoms with Crippen LogP contribution in [0, 0.1) is 17.8 Å². The normalized spacial score (nSPS) is 18.5. The van der Waals surface area contributed by atoms with Crippen molar-refractivity contribution in [2.75, 3.05) is 46.6 Å². The Morgan fingerprint density at radius 1 is 1.09 bits per heavy atom. The molecular weight excluding hydrogens is 571 g/mol. The monoisotopic (exact) mass is 620 g/mol. The number of rotatable bonds is 13. The van der Waals surface area contributed by atoms with Gasteiger partial charge in [0, 0.05) is 38.8 Å². The average Bonchev–Trinajstić information content (AvgIpc) is 3.02. The van der Waals surface area contributed by atoms with Crippen molar-refractivity contribution in [3.8, 4) is 5.75 Å². The molecule has 3 amide bonds. The van der Waals surface area contributed by atoms with Crippen molar-refractivity contribution in [1.82, 2.24) is 20.1 Å². The highest BCUT2D eigenvalue weighted by atomic mass is 19.1. The van der Waals surface area contributed by atoms with Gasteiger partial charge >= 0.3 is 12.1 Å². The van der Waals surface area contributed by atoms with Crippen molar-refractivity contribution in [3.05, 3.63) is 24.0 Å². The van der Waals surface area contributed by atoms with E-state index in [1.165, 1.54) is 19.5 Å². The van der Waals surface area contributed by atoms with Gasteiger partial charge in [0.2, 0.25) is 11.8 Å². The molecular formula is C32H49FN4O7. The van der Waals surface area contributed by atoms with E-state index < -0.39 is 30.2 Å². The standard InChI is InChI=1S/C32H49FN4O7/c1-22(2)32(3,4)44-31(41)36-14-10-23(11-15-36)8-9-28(38)37-13-6-7-24(21-37)30(40)35-27(18-29(39)42-5)25-17-26(20-34-19-25)43-16-12-33/h17,19-20,22-24,27H,6-16,18,21H2,1-5H3,(H,35,40). The number of methoxy groups -OCH3 is 1. The first kappa shape index (κ1) is 35.0. The van der Waals surface area contributed by atoms with Gasteiger partial charge in [0.05, 0.1) is 31.7 Å². The molecule has 3 heterocycles.